The number of aromatic nitrogens is 1. The largest absolute Gasteiger partial charge is 0.491 e. The van der Waals surface area contributed by atoms with E-state index < -0.39 is 86.1 Å². The van der Waals surface area contributed by atoms with Gasteiger partial charge in [-0.05, 0) is 72.4 Å². The van der Waals surface area contributed by atoms with Crippen LogP contribution in [0.4, 0.5) is 30.4 Å². The number of amides is 4. The van der Waals surface area contributed by atoms with Crippen LogP contribution in [-0.2, 0) is 30.8 Å². The number of rotatable bonds is 9. The molecule has 2 saturated heterocycles. The summed E-state index contributed by atoms with van der Waals surface area (Å²) >= 11 is 12.6. The first kappa shape index (κ1) is 39.0. The molecular weight excluding hydrogens is 806 g/mol. The van der Waals surface area contributed by atoms with Crippen LogP contribution in [0.1, 0.15) is 35.4 Å². The fourth-order valence-corrected chi connectivity index (χ4v) is 9.39. The van der Waals surface area contributed by atoms with Crippen LogP contribution < -0.4 is 15.1 Å². The molecule has 2 aliphatic carbocycles. The van der Waals surface area contributed by atoms with Gasteiger partial charge >= 0.3 is 6.18 Å². The number of anilines is 2. The Bertz CT molecular complexity index is 2400. The minimum absolute atomic E-state index is 0.00538. The zero-order chi connectivity index (χ0) is 41.3. The van der Waals surface area contributed by atoms with Crippen molar-refractivity contribution in [3.05, 3.63) is 134 Å². The van der Waals surface area contributed by atoms with Crippen molar-refractivity contribution in [3.8, 4) is 5.75 Å². The van der Waals surface area contributed by atoms with Gasteiger partial charge in [-0.15, -0.1) is 0 Å². The number of nitrogens with zero attached hydrogens (tertiary/aromatic N) is 4. The molecule has 13 nitrogen and oxygen atoms in total. The van der Waals surface area contributed by atoms with Crippen molar-refractivity contribution in [1.29, 1.82) is 0 Å². The number of carbonyl (C=O) groups is 4. The Balaban J connectivity index is 1.28. The lowest BCUT2D eigenvalue weighted by Crippen LogP contribution is -2.53. The van der Waals surface area contributed by atoms with E-state index in [-0.39, 0.29) is 37.4 Å². The minimum atomic E-state index is -4.77. The van der Waals surface area contributed by atoms with E-state index in [1.54, 1.807) is 48.5 Å². The van der Waals surface area contributed by atoms with E-state index in [4.69, 9.17) is 27.9 Å². The van der Waals surface area contributed by atoms with E-state index in [9.17, 15) is 42.8 Å². The number of benzene rings is 3. The SMILES string of the molecule is O=C1C2CC3C(=CCC4C(=O)N(c5ccc([N+](=O)[O-])cc5)C(=O)C43)C(c3ccc(OCCO)cc3)C2(c2ccc(Cl)cc2)C(=O)N1Nc1ncc(C(F)(F)F)cc1Cl. The molecule has 3 aromatic carbocycles. The molecule has 3 fully saturated rings. The highest BCUT2D eigenvalue weighted by molar-refractivity contribution is 6.33. The number of hydrazine groups is 1. The third kappa shape index (κ3) is 6.17. The van der Waals surface area contributed by atoms with Crippen LogP contribution in [0.3, 0.4) is 0 Å². The van der Waals surface area contributed by atoms with Gasteiger partial charge in [0.25, 0.3) is 17.5 Å². The number of hydrogen-bond donors (Lipinski definition) is 2. The molecule has 0 spiro atoms. The molecule has 2 N–H and O–H groups in total. The highest BCUT2D eigenvalue weighted by Crippen LogP contribution is 2.64. The molecule has 6 unspecified atom stereocenters. The molecule has 1 aromatic heterocycles. The van der Waals surface area contributed by atoms with Crippen molar-refractivity contribution < 1.29 is 47.1 Å². The average molecular weight is 837 g/mol. The number of fused-ring (bicyclic) bond motifs is 4. The van der Waals surface area contributed by atoms with E-state index >= 15 is 4.79 Å². The van der Waals surface area contributed by atoms with Gasteiger partial charge in [-0.3, -0.25) is 39.6 Å². The topological polar surface area (TPSA) is 172 Å². The summed E-state index contributed by atoms with van der Waals surface area (Å²) in [6.07, 6.45) is -2.44. The van der Waals surface area contributed by atoms with Crippen LogP contribution in [-0.4, -0.2) is 56.9 Å². The molecule has 6 atom stereocenters. The maximum atomic E-state index is 15.3. The molecule has 2 aliphatic heterocycles. The summed E-state index contributed by atoms with van der Waals surface area (Å²) in [6.45, 7) is -0.241. The van der Waals surface area contributed by atoms with Gasteiger partial charge < -0.3 is 9.84 Å². The predicted octanol–water partition coefficient (Wildman–Crippen LogP) is 6.88. The Labute approximate surface area is 337 Å². The Morgan fingerprint density at radius 1 is 0.948 bits per heavy atom. The molecular formula is C40H30Cl2F3N5O8. The second-order valence-electron chi connectivity index (χ2n) is 14.3. The fourth-order valence-electron chi connectivity index (χ4n) is 9.06. The summed E-state index contributed by atoms with van der Waals surface area (Å²) in [6, 6.07) is 18.7. The van der Waals surface area contributed by atoms with Gasteiger partial charge in [0.2, 0.25) is 11.8 Å². The van der Waals surface area contributed by atoms with Crippen LogP contribution in [0, 0.1) is 33.8 Å². The van der Waals surface area contributed by atoms with Crippen LogP contribution in [0.5, 0.6) is 5.75 Å². The summed E-state index contributed by atoms with van der Waals surface area (Å²) in [5.74, 6) is -7.47. The summed E-state index contributed by atoms with van der Waals surface area (Å²) in [5, 5.41) is 21.2. The number of aliphatic hydroxyl groups is 1. The van der Waals surface area contributed by atoms with Crippen LogP contribution in [0.15, 0.2) is 96.7 Å². The molecule has 8 rings (SSSR count). The van der Waals surface area contributed by atoms with Gasteiger partial charge in [-0.25, -0.2) is 4.98 Å². The normalized spacial score (nSPS) is 25.3. The second kappa shape index (κ2) is 14.5. The van der Waals surface area contributed by atoms with Crippen molar-refractivity contribution in [3.63, 3.8) is 0 Å². The molecule has 18 heteroatoms. The van der Waals surface area contributed by atoms with Crippen molar-refractivity contribution in [2.45, 2.75) is 30.4 Å². The van der Waals surface area contributed by atoms with Gasteiger partial charge in [0.05, 0.1) is 51.0 Å². The highest BCUT2D eigenvalue weighted by atomic mass is 35.5. The molecule has 0 radical (unpaired) electrons. The number of aliphatic hydroxyl groups excluding tert-OH is 1. The number of allylic oxidation sites excluding steroid dienone is 2. The summed E-state index contributed by atoms with van der Waals surface area (Å²) < 4.78 is 46.1. The minimum Gasteiger partial charge on any atom is -0.491 e. The van der Waals surface area contributed by atoms with Crippen molar-refractivity contribution >= 4 is 64.0 Å². The van der Waals surface area contributed by atoms with Crippen molar-refractivity contribution in [2.24, 2.45) is 23.7 Å². The number of halogens is 5. The van der Waals surface area contributed by atoms with E-state index in [2.05, 4.69) is 10.4 Å². The Kier molecular flexibility index (Phi) is 9.76. The lowest BCUT2D eigenvalue weighted by Gasteiger charge is -2.50. The van der Waals surface area contributed by atoms with E-state index in [1.807, 2.05) is 6.08 Å². The first-order chi connectivity index (χ1) is 27.7. The average Bonchev–Trinajstić information content (AvgIpc) is 3.58. The van der Waals surface area contributed by atoms with Gasteiger partial charge in [0, 0.05) is 29.3 Å². The highest BCUT2D eigenvalue weighted by Gasteiger charge is 2.70. The molecule has 1 saturated carbocycles. The van der Waals surface area contributed by atoms with Crippen molar-refractivity contribution in [1.82, 2.24) is 9.99 Å². The maximum Gasteiger partial charge on any atom is 0.417 e. The van der Waals surface area contributed by atoms with Gasteiger partial charge in [-0.2, -0.15) is 18.2 Å². The van der Waals surface area contributed by atoms with E-state index in [1.165, 1.54) is 24.3 Å². The van der Waals surface area contributed by atoms with Crippen LogP contribution in [0.2, 0.25) is 10.0 Å². The number of alkyl halides is 3. The molecule has 298 valence electrons. The number of ether oxygens (including phenoxy) is 1. The van der Waals surface area contributed by atoms with Crippen molar-refractivity contribution in [2.75, 3.05) is 23.5 Å². The Morgan fingerprint density at radius 2 is 1.64 bits per heavy atom. The number of nitro benzene ring substituents is 1. The summed E-state index contributed by atoms with van der Waals surface area (Å²) in [5.41, 5.74) is 1.12. The van der Waals surface area contributed by atoms with E-state index in [0.717, 1.165) is 4.90 Å². The van der Waals surface area contributed by atoms with E-state index in [0.29, 0.717) is 44.7 Å². The maximum absolute atomic E-state index is 15.3. The van der Waals surface area contributed by atoms with Gasteiger partial charge in [0.15, 0.2) is 5.82 Å². The predicted molar refractivity (Wildman–Crippen MR) is 201 cm³/mol. The quantitative estimate of drug-likeness (QED) is 0.0784. The van der Waals surface area contributed by atoms with Crippen LogP contribution in [0.25, 0.3) is 0 Å². The molecule has 4 aliphatic rings. The monoisotopic (exact) mass is 835 g/mol. The first-order valence-electron chi connectivity index (χ1n) is 18.0. The van der Waals surface area contributed by atoms with Gasteiger partial charge in [0.1, 0.15) is 12.4 Å². The number of carbonyl (C=O) groups excluding carboxylic acids is 4. The van der Waals surface area contributed by atoms with Crippen LogP contribution >= 0.6 is 23.2 Å². The molecule has 4 amide bonds. The number of imide groups is 2. The number of pyridine rings is 1. The summed E-state index contributed by atoms with van der Waals surface area (Å²) in [7, 11) is 0. The number of non-ortho nitro benzene ring substituents is 1. The standard InChI is InChI=1S/C40H30Cl2F3N5O8/c41-23-5-3-21(4-6-23)39-30(36(53)49(38(39)55)47-34-31(42)17-22(19-46-34)40(43,44)45)18-29-27(33(39)20-1-11-26(12-2-20)58-16-15-51)13-14-28-32(29)37(54)48(35(28)52)24-7-9-25(10-8-24)50(56)57/h1-13,17,19,28-30,32-33,51H,14-16,18H2,(H,46,47). The Morgan fingerprint density at radius 3 is 2.26 bits per heavy atom. The smallest absolute Gasteiger partial charge is 0.417 e. The fraction of sp³-hybridized carbons (Fsp3) is 0.275. The zero-order valence-electron chi connectivity index (χ0n) is 29.9. The molecule has 3 heterocycles. The van der Waals surface area contributed by atoms with Gasteiger partial charge in [-0.1, -0.05) is 59.1 Å². The lowest BCUT2D eigenvalue weighted by atomic mass is 9.49. The Hall–Kier alpha value is -5.84. The first-order valence-corrected chi connectivity index (χ1v) is 18.7. The third-order valence-corrected chi connectivity index (χ3v) is 12.0. The molecule has 4 aromatic rings. The molecule has 58 heavy (non-hydrogen) atoms. The number of nitrogens with one attached hydrogen (secondary N) is 1. The number of nitro groups is 1. The second-order valence-corrected chi connectivity index (χ2v) is 15.2. The third-order valence-electron chi connectivity index (χ3n) is 11.4. The number of hydrogen-bond acceptors (Lipinski definition) is 10. The molecule has 0 bridgehead atoms. The summed E-state index contributed by atoms with van der Waals surface area (Å²) in [4.78, 5) is 74.2. The zero-order valence-corrected chi connectivity index (χ0v) is 31.4. The lowest BCUT2D eigenvalue weighted by molar-refractivity contribution is -0.384.